The van der Waals surface area contributed by atoms with Gasteiger partial charge in [0.1, 0.15) is 0 Å². The van der Waals surface area contributed by atoms with Crippen molar-refractivity contribution in [2.45, 2.75) is 25.6 Å². The number of nitrogens with zero attached hydrogens (tertiary/aromatic N) is 3. The predicted octanol–water partition coefficient (Wildman–Crippen LogP) is 2.35. The predicted molar refractivity (Wildman–Crippen MR) is 93.8 cm³/mol. The molecule has 0 saturated heterocycles. The molecule has 3 heterocycles. The SMILES string of the molecule is NC(Cc1ccsc1)C(=O)N1Cc2cnn(-c3ccccc3)c2C1. The maximum Gasteiger partial charge on any atom is 0.240 e. The first-order valence-electron chi connectivity index (χ1n) is 7.89. The number of amides is 1. The zero-order valence-corrected chi connectivity index (χ0v) is 13.9. The first kappa shape index (κ1) is 15.1. The number of hydrogen-bond acceptors (Lipinski definition) is 4. The number of rotatable bonds is 4. The van der Waals surface area contributed by atoms with Gasteiger partial charge in [0.05, 0.1) is 30.2 Å². The third-order valence-corrected chi connectivity index (χ3v) is 5.05. The van der Waals surface area contributed by atoms with Crippen molar-refractivity contribution in [1.29, 1.82) is 0 Å². The van der Waals surface area contributed by atoms with Crippen LogP contribution in [0.2, 0.25) is 0 Å². The van der Waals surface area contributed by atoms with Gasteiger partial charge in [0.25, 0.3) is 0 Å². The average Bonchev–Trinajstić information content (AvgIpc) is 3.31. The number of nitrogens with two attached hydrogens (primary N) is 1. The van der Waals surface area contributed by atoms with Gasteiger partial charge in [-0.3, -0.25) is 4.79 Å². The molecule has 1 aliphatic heterocycles. The summed E-state index contributed by atoms with van der Waals surface area (Å²) >= 11 is 1.62. The first-order chi connectivity index (χ1) is 11.7. The molecule has 1 atom stereocenters. The Morgan fingerprint density at radius 3 is 2.83 bits per heavy atom. The van der Waals surface area contributed by atoms with E-state index >= 15 is 0 Å². The lowest BCUT2D eigenvalue weighted by atomic mass is 10.1. The van der Waals surface area contributed by atoms with Crippen LogP contribution in [-0.2, 0) is 24.3 Å². The van der Waals surface area contributed by atoms with Gasteiger partial charge in [0.2, 0.25) is 5.91 Å². The minimum atomic E-state index is -0.498. The summed E-state index contributed by atoms with van der Waals surface area (Å²) in [5, 5.41) is 8.50. The Bertz CT molecular complexity index is 841. The molecule has 2 aromatic heterocycles. The summed E-state index contributed by atoms with van der Waals surface area (Å²) in [5.74, 6) is -0.00277. The van der Waals surface area contributed by atoms with E-state index in [0.717, 1.165) is 22.5 Å². The van der Waals surface area contributed by atoms with Crippen molar-refractivity contribution in [2.75, 3.05) is 0 Å². The molecule has 1 aromatic carbocycles. The van der Waals surface area contributed by atoms with Crippen molar-refractivity contribution in [3.05, 3.63) is 70.2 Å². The lowest BCUT2D eigenvalue weighted by Crippen LogP contribution is -2.42. The Morgan fingerprint density at radius 2 is 2.08 bits per heavy atom. The maximum atomic E-state index is 12.7. The molecule has 0 aliphatic carbocycles. The van der Waals surface area contributed by atoms with Crippen LogP contribution >= 0.6 is 11.3 Å². The fourth-order valence-electron chi connectivity index (χ4n) is 3.08. The second-order valence-electron chi connectivity index (χ2n) is 6.00. The van der Waals surface area contributed by atoms with Gasteiger partial charge in [-0.15, -0.1) is 0 Å². The van der Waals surface area contributed by atoms with Crippen molar-refractivity contribution < 1.29 is 4.79 Å². The second-order valence-corrected chi connectivity index (χ2v) is 6.78. The standard InChI is InChI=1S/C18H18N4OS/c19-16(8-13-6-7-24-12-13)18(23)21-10-14-9-20-22(17(14)11-21)15-4-2-1-3-5-15/h1-7,9,12,16H,8,10-11,19H2. The van der Waals surface area contributed by atoms with E-state index in [4.69, 9.17) is 5.73 Å². The van der Waals surface area contributed by atoms with E-state index in [1.807, 2.05) is 62.9 Å². The Balaban J connectivity index is 1.49. The van der Waals surface area contributed by atoms with Gasteiger partial charge in [-0.25, -0.2) is 4.68 Å². The third-order valence-electron chi connectivity index (χ3n) is 4.32. The number of fused-ring (bicyclic) bond motifs is 1. The van der Waals surface area contributed by atoms with Gasteiger partial charge in [0.15, 0.2) is 0 Å². The highest BCUT2D eigenvalue weighted by Crippen LogP contribution is 2.25. The fourth-order valence-corrected chi connectivity index (χ4v) is 3.76. The summed E-state index contributed by atoms with van der Waals surface area (Å²) in [6, 6.07) is 11.5. The van der Waals surface area contributed by atoms with Crippen molar-refractivity contribution in [3.8, 4) is 5.69 Å². The topological polar surface area (TPSA) is 64.2 Å². The van der Waals surface area contributed by atoms with Crippen LogP contribution in [0.25, 0.3) is 5.69 Å². The summed E-state index contributed by atoms with van der Waals surface area (Å²) in [4.78, 5) is 14.5. The number of carbonyl (C=O) groups excluding carboxylic acids is 1. The van der Waals surface area contributed by atoms with E-state index < -0.39 is 6.04 Å². The van der Waals surface area contributed by atoms with Gasteiger partial charge >= 0.3 is 0 Å². The zero-order valence-electron chi connectivity index (χ0n) is 13.1. The van der Waals surface area contributed by atoms with Gasteiger partial charge < -0.3 is 10.6 Å². The molecule has 5 nitrogen and oxygen atoms in total. The molecule has 2 N–H and O–H groups in total. The van der Waals surface area contributed by atoms with Crippen LogP contribution in [0.15, 0.2) is 53.4 Å². The van der Waals surface area contributed by atoms with Gasteiger partial charge in [0, 0.05) is 12.1 Å². The molecule has 0 saturated carbocycles. The molecule has 1 amide bonds. The molecule has 0 radical (unpaired) electrons. The van der Waals surface area contributed by atoms with Crippen LogP contribution in [0.4, 0.5) is 0 Å². The highest BCUT2D eigenvalue weighted by Gasteiger charge is 2.30. The summed E-state index contributed by atoms with van der Waals surface area (Å²) < 4.78 is 1.91. The van der Waals surface area contributed by atoms with Crippen molar-refractivity contribution in [2.24, 2.45) is 5.73 Å². The molecule has 24 heavy (non-hydrogen) atoms. The van der Waals surface area contributed by atoms with Gasteiger partial charge in [-0.05, 0) is 40.9 Å². The minimum absolute atomic E-state index is 0.00277. The maximum absolute atomic E-state index is 12.7. The summed E-state index contributed by atoms with van der Waals surface area (Å²) in [6.07, 6.45) is 2.43. The van der Waals surface area contributed by atoms with Crippen molar-refractivity contribution >= 4 is 17.2 Å². The van der Waals surface area contributed by atoms with Crippen molar-refractivity contribution in [3.63, 3.8) is 0 Å². The molecule has 0 spiro atoms. The van der Waals surface area contributed by atoms with E-state index in [1.54, 1.807) is 11.3 Å². The van der Waals surface area contributed by atoms with E-state index in [-0.39, 0.29) is 5.91 Å². The molecule has 4 rings (SSSR count). The number of benzene rings is 1. The molecule has 0 bridgehead atoms. The van der Waals surface area contributed by atoms with Crippen LogP contribution in [0.3, 0.4) is 0 Å². The number of hydrogen-bond donors (Lipinski definition) is 1. The van der Waals surface area contributed by atoms with Gasteiger partial charge in [-0.2, -0.15) is 16.4 Å². The molecular weight excluding hydrogens is 320 g/mol. The fraction of sp³-hybridized carbons (Fsp3) is 0.222. The quantitative estimate of drug-likeness (QED) is 0.794. The van der Waals surface area contributed by atoms with Crippen LogP contribution in [0.5, 0.6) is 0 Å². The van der Waals surface area contributed by atoms with Gasteiger partial charge in [-0.1, -0.05) is 18.2 Å². The Hall–Kier alpha value is -2.44. The second kappa shape index (κ2) is 6.22. The molecule has 0 fully saturated rings. The number of thiophene rings is 1. The van der Waals surface area contributed by atoms with E-state index in [9.17, 15) is 4.79 Å². The molecule has 6 heteroatoms. The lowest BCUT2D eigenvalue weighted by Gasteiger charge is -2.20. The summed E-state index contributed by atoms with van der Waals surface area (Å²) in [6.45, 7) is 1.14. The van der Waals surface area contributed by atoms with E-state index in [1.165, 1.54) is 0 Å². The lowest BCUT2D eigenvalue weighted by molar-refractivity contribution is -0.133. The van der Waals surface area contributed by atoms with Crippen molar-refractivity contribution in [1.82, 2.24) is 14.7 Å². The number of carbonyl (C=O) groups is 1. The van der Waals surface area contributed by atoms with E-state index in [0.29, 0.717) is 19.5 Å². The molecular formula is C18H18N4OS. The zero-order chi connectivity index (χ0) is 16.5. The van der Waals surface area contributed by atoms with Crippen LogP contribution in [0, 0.1) is 0 Å². The van der Waals surface area contributed by atoms with Crippen LogP contribution in [-0.4, -0.2) is 26.6 Å². The number of para-hydroxylation sites is 1. The Kier molecular flexibility index (Phi) is 3.92. The number of aromatic nitrogens is 2. The monoisotopic (exact) mass is 338 g/mol. The summed E-state index contributed by atoms with van der Waals surface area (Å²) in [5.41, 5.74) is 10.4. The normalized spacial score (nSPS) is 14.6. The third kappa shape index (κ3) is 2.74. The Morgan fingerprint density at radius 1 is 1.25 bits per heavy atom. The smallest absolute Gasteiger partial charge is 0.240 e. The highest BCUT2D eigenvalue weighted by molar-refractivity contribution is 7.07. The molecule has 1 unspecified atom stereocenters. The molecule has 3 aromatic rings. The summed E-state index contributed by atoms with van der Waals surface area (Å²) in [7, 11) is 0. The highest BCUT2D eigenvalue weighted by atomic mass is 32.1. The molecule has 122 valence electrons. The Labute approximate surface area is 144 Å². The largest absolute Gasteiger partial charge is 0.331 e. The molecule has 1 aliphatic rings. The minimum Gasteiger partial charge on any atom is -0.331 e. The van der Waals surface area contributed by atoms with Crippen LogP contribution < -0.4 is 5.73 Å². The first-order valence-corrected chi connectivity index (χ1v) is 8.83. The van der Waals surface area contributed by atoms with Crippen LogP contribution in [0.1, 0.15) is 16.8 Å². The van der Waals surface area contributed by atoms with E-state index in [2.05, 4.69) is 5.10 Å². The average molecular weight is 338 g/mol.